The summed E-state index contributed by atoms with van der Waals surface area (Å²) in [6.07, 6.45) is 0. The number of phenolic OH excluding ortho intramolecular Hbond substituents is 2. The van der Waals surface area contributed by atoms with Crippen LogP contribution < -0.4 is 29.6 Å². The molecule has 0 unspecified atom stereocenters. The minimum Gasteiger partial charge on any atom is -0.504 e. The van der Waals surface area contributed by atoms with Gasteiger partial charge in [0, 0.05) is 0 Å². The van der Waals surface area contributed by atoms with Gasteiger partial charge in [0.1, 0.15) is 0 Å². The summed E-state index contributed by atoms with van der Waals surface area (Å²) >= 11 is 0. The molecule has 0 bridgehead atoms. The molecule has 0 aromatic heterocycles. The molecular weight excluding hydrogens is 175 g/mol. The first kappa shape index (κ1) is 13.1. The fourth-order valence-electron chi connectivity index (χ4n) is 0.464. The van der Waals surface area contributed by atoms with Gasteiger partial charge in [0.25, 0.3) is 0 Å². The molecule has 1 aromatic carbocycles. The number of para-hydroxylation sites is 2. The van der Waals surface area contributed by atoms with Crippen molar-refractivity contribution in [2.24, 2.45) is 0 Å². The van der Waals surface area contributed by atoms with Crippen molar-refractivity contribution in [1.29, 1.82) is 0 Å². The molecule has 42 valence electrons. The summed E-state index contributed by atoms with van der Waals surface area (Å²) in [5.41, 5.74) is 0. The molecular formula is C6H6NaO2Ti+5. The molecule has 2 N–H and O–H groups in total. The normalized spacial score (nSPS) is 7.20. The fraction of sp³-hybridized carbons (Fsp3) is 0. The minimum absolute atomic E-state index is 0. The monoisotopic (exact) mass is 181 g/mol. The molecule has 1 rings (SSSR count). The quantitative estimate of drug-likeness (QED) is 0.362. The van der Waals surface area contributed by atoms with E-state index >= 15 is 0 Å². The van der Waals surface area contributed by atoms with E-state index in [-0.39, 0.29) is 62.8 Å². The second-order valence-corrected chi connectivity index (χ2v) is 1.49. The summed E-state index contributed by atoms with van der Waals surface area (Å²) in [6.45, 7) is 0. The van der Waals surface area contributed by atoms with E-state index in [1.165, 1.54) is 12.1 Å². The van der Waals surface area contributed by atoms with Crippen molar-refractivity contribution in [3.05, 3.63) is 24.3 Å². The van der Waals surface area contributed by atoms with Gasteiger partial charge in [-0.3, -0.25) is 0 Å². The van der Waals surface area contributed by atoms with E-state index in [1.54, 1.807) is 12.1 Å². The molecule has 0 aliphatic heterocycles. The maximum atomic E-state index is 8.67. The predicted octanol–water partition coefficient (Wildman–Crippen LogP) is -1.90. The van der Waals surface area contributed by atoms with Crippen LogP contribution in [0.15, 0.2) is 24.3 Å². The smallest absolute Gasteiger partial charge is 0.504 e. The van der Waals surface area contributed by atoms with Crippen LogP contribution in [0.4, 0.5) is 0 Å². The topological polar surface area (TPSA) is 40.5 Å². The molecule has 0 heterocycles. The Morgan fingerprint density at radius 2 is 1.20 bits per heavy atom. The molecule has 0 aliphatic rings. The molecule has 0 saturated heterocycles. The summed E-state index contributed by atoms with van der Waals surface area (Å²) in [5.74, 6) is -0.153. The molecule has 0 amide bonds. The van der Waals surface area contributed by atoms with E-state index in [1.807, 2.05) is 0 Å². The Balaban J connectivity index is 0. The molecule has 0 atom stereocenters. The van der Waals surface area contributed by atoms with Gasteiger partial charge in [0.15, 0.2) is 11.5 Å². The Labute approximate surface area is 96.4 Å². The van der Waals surface area contributed by atoms with Gasteiger partial charge in [-0.1, -0.05) is 12.1 Å². The van der Waals surface area contributed by atoms with E-state index in [0.29, 0.717) is 0 Å². The molecule has 4 heteroatoms. The van der Waals surface area contributed by atoms with Crippen LogP contribution in [0.1, 0.15) is 0 Å². The second kappa shape index (κ2) is 6.26. The molecule has 1 aromatic rings. The van der Waals surface area contributed by atoms with Crippen molar-refractivity contribution < 1.29 is 61.5 Å². The molecule has 0 aliphatic carbocycles. The first-order chi connectivity index (χ1) is 3.80. The van der Waals surface area contributed by atoms with Crippen LogP contribution in [-0.4, -0.2) is 10.2 Å². The number of benzene rings is 1. The van der Waals surface area contributed by atoms with E-state index in [0.717, 1.165) is 0 Å². The average molecular weight is 181 g/mol. The van der Waals surface area contributed by atoms with E-state index in [2.05, 4.69) is 0 Å². The Kier molecular flexibility index (Phi) is 8.23. The van der Waals surface area contributed by atoms with Crippen LogP contribution in [0.5, 0.6) is 11.5 Å². The average Bonchev–Trinajstić information content (AvgIpc) is 1.77. The molecule has 10 heavy (non-hydrogen) atoms. The zero-order valence-corrected chi connectivity index (χ0v) is 9.27. The van der Waals surface area contributed by atoms with Gasteiger partial charge in [-0.05, 0) is 12.1 Å². The van der Waals surface area contributed by atoms with Gasteiger partial charge in [0.2, 0.25) is 0 Å². The fourth-order valence-corrected chi connectivity index (χ4v) is 0.464. The van der Waals surface area contributed by atoms with E-state index in [9.17, 15) is 0 Å². The number of phenols is 2. The summed E-state index contributed by atoms with van der Waals surface area (Å²) < 4.78 is 0. The van der Waals surface area contributed by atoms with Crippen molar-refractivity contribution >= 4 is 0 Å². The van der Waals surface area contributed by atoms with Crippen molar-refractivity contribution in [1.82, 2.24) is 0 Å². The predicted molar refractivity (Wildman–Crippen MR) is 29.8 cm³/mol. The first-order valence-corrected chi connectivity index (χ1v) is 2.27. The molecule has 0 spiro atoms. The third kappa shape index (κ3) is 3.64. The molecule has 0 fully saturated rings. The van der Waals surface area contributed by atoms with Crippen molar-refractivity contribution in [2.75, 3.05) is 0 Å². The Hall–Kier alpha value is 0.534. The number of rotatable bonds is 0. The number of hydrogen-bond donors (Lipinski definition) is 2. The largest absolute Gasteiger partial charge is 4.00 e. The van der Waals surface area contributed by atoms with Gasteiger partial charge < -0.3 is 10.2 Å². The third-order valence-electron chi connectivity index (χ3n) is 0.882. The van der Waals surface area contributed by atoms with Crippen LogP contribution in [0.2, 0.25) is 0 Å². The van der Waals surface area contributed by atoms with Crippen molar-refractivity contribution in [3.8, 4) is 11.5 Å². The Bertz CT molecular complexity index is 172. The second-order valence-electron chi connectivity index (χ2n) is 1.49. The molecule has 2 nitrogen and oxygen atoms in total. The maximum absolute atomic E-state index is 8.67. The van der Waals surface area contributed by atoms with Crippen molar-refractivity contribution in [3.63, 3.8) is 0 Å². The zero-order chi connectivity index (χ0) is 5.98. The van der Waals surface area contributed by atoms with Gasteiger partial charge in [-0.15, -0.1) is 0 Å². The van der Waals surface area contributed by atoms with Crippen LogP contribution in [0, 0.1) is 0 Å². The third-order valence-corrected chi connectivity index (χ3v) is 0.882. The van der Waals surface area contributed by atoms with Crippen LogP contribution >= 0.6 is 0 Å². The van der Waals surface area contributed by atoms with Gasteiger partial charge in [-0.25, -0.2) is 0 Å². The first-order valence-electron chi connectivity index (χ1n) is 2.27. The molecule has 0 saturated carbocycles. The van der Waals surface area contributed by atoms with Crippen LogP contribution in [0.25, 0.3) is 0 Å². The summed E-state index contributed by atoms with van der Waals surface area (Å²) in [7, 11) is 0. The van der Waals surface area contributed by atoms with Gasteiger partial charge in [0.05, 0.1) is 0 Å². The van der Waals surface area contributed by atoms with E-state index in [4.69, 9.17) is 10.2 Å². The van der Waals surface area contributed by atoms with Gasteiger partial charge >= 0.3 is 51.3 Å². The number of hydrogen-bond acceptors (Lipinski definition) is 2. The Morgan fingerprint density at radius 1 is 0.900 bits per heavy atom. The minimum atomic E-state index is -0.0764. The summed E-state index contributed by atoms with van der Waals surface area (Å²) in [5, 5.41) is 17.3. The molecule has 0 radical (unpaired) electrons. The summed E-state index contributed by atoms with van der Waals surface area (Å²) in [4.78, 5) is 0. The number of aromatic hydroxyl groups is 2. The maximum Gasteiger partial charge on any atom is 4.00 e. The van der Waals surface area contributed by atoms with E-state index < -0.39 is 0 Å². The SMILES string of the molecule is Oc1ccccc1O.[Na+].[Ti+4]. The van der Waals surface area contributed by atoms with Crippen LogP contribution in [-0.2, 0) is 21.7 Å². The standard InChI is InChI=1S/C6H6O2.Na.Ti/c7-5-3-1-2-4-6(5)8;;/h1-4,7-8H;;/q;+1;+4. The zero-order valence-electron chi connectivity index (χ0n) is 5.70. The van der Waals surface area contributed by atoms with Crippen molar-refractivity contribution in [2.45, 2.75) is 0 Å². The summed E-state index contributed by atoms with van der Waals surface area (Å²) in [6, 6.07) is 6.15. The van der Waals surface area contributed by atoms with Gasteiger partial charge in [-0.2, -0.15) is 0 Å². The Morgan fingerprint density at radius 3 is 1.40 bits per heavy atom. The van der Waals surface area contributed by atoms with Crippen LogP contribution in [0.3, 0.4) is 0 Å².